The normalized spacial score (nSPS) is 12.9. The van der Waals surface area contributed by atoms with Gasteiger partial charge in [0.1, 0.15) is 23.0 Å². The van der Waals surface area contributed by atoms with Gasteiger partial charge in [0, 0.05) is 59.3 Å². The predicted octanol–water partition coefficient (Wildman–Crippen LogP) is 4.35. The molecular formula is C28H26N2O4. The van der Waals surface area contributed by atoms with Crippen LogP contribution in [-0.2, 0) is 25.7 Å². The fourth-order valence-electron chi connectivity index (χ4n) is 4.79. The highest BCUT2D eigenvalue weighted by atomic mass is 16.3. The van der Waals surface area contributed by atoms with Crippen molar-refractivity contribution in [2.24, 2.45) is 0 Å². The Morgan fingerprint density at radius 2 is 0.647 bits per heavy atom. The number of hydrogen-bond donors (Lipinski definition) is 6. The second-order valence-corrected chi connectivity index (χ2v) is 8.93. The first-order valence-corrected chi connectivity index (χ1v) is 11.1. The van der Waals surface area contributed by atoms with Gasteiger partial charge < -0.3 is 31.9 Å². The number of hydrogen-bond acceptors (Lipinski definition) is 6. The van der Waals surface area contributed by atoms with Crippen molar-refractivity contribution < 1.29 is 20.4 Å². The summed E-state index contributed by atoms with van der Waals surface area (Å²) in [5.74, 6) is 0.381. The van der Waals surface area contributed by atoms with E-state index in [9.17, 15) is 20.4 Å². The summed E-state index contributed by atoms with van der Waals surface area (Å²) < 4.78 is 0. The number of phenolic OH excluding ortho intramolecular Hbond substituents is 4. The van der Waals surface area contributed by atoms with Crippen molar-refractivity contribution in [1.82, 2.24) is 0 Å². The number of fused-ring (bicyclic) bond motifs is 8. The SMILES string of the molecule is Nc1cc2c(O)c(c1)Cc1cccc(c1O)Cc1cc(N)cc(c1O)Cc1cccc(c1O)C2. The highest BCUT2D eigenvalue weighted by molar-refractivity contribution is 5.60. The zero-order chi connectivity index (χ0) is 24.0. The summed E-state index contributed by atoms with van der Waals surface area (Å²) in [4.78, 5) is 0. The van der Waals surface area contributed by atoms with Crippen LogP contribution in [0.4, 0.5) is 11.4 Å². The molecule has 6 nitrogen and oxygen atoms in total. The Labute approximate surface area is 197 Å². The zero-order valence-electron chi connectivity index (χ0n) is 18.5. The largest absolute Gasteiger partial charge is 0.507 e. The van der Waals surface area contributed by atoms with Crippen LogP contribution in [0, 0.1) is 0 Å². The van der Waals surface area contributed by atoms with Gasteiger partial charge in [-0.15, -0.1) is 0 Å². The molecule has 4 aromatic rings. The van der Waals surface area contributed by atoms with E-state index >= 15 is 0 Å². The second-order valence-electron chi connectivity index (χ2n) is 8.93. The molecule has 0 heterocycles. The van der Waals surface area contributed by atoms with Crippen LogP contribution in [-0.4, -0.2) is 20.4 Å². The molecule has 0 fully saturated rings. The molecule has 0 amide bonds. The highest BCUT2D eigenvalue weighted by Gasteiger charge is 2.19. The Morgan fingerprint density at radius 1 is 0.412 bits per heavy atom. The number of aromatic hydroxyl groups is 4. The molecule has 172 valence electrons. The molecular weight excluding hydrogens is 428 g/mol. The third-order valence-corrected chi connectivity index (χ3v) is 6.51. The third kappa shape index (κ3) is 3.83. The number of anilines is 2. The number of nitrogen functional groups attached to an aromatic ring is 2. The second kappa shape index (κ2) is 8.23. The fraction of sp³-hybridized carbons (Fsp3) is 0.143. The van der Waals surface area contributed by atoms with Crippen molar-refractivity contribution in [2.45, 2.75) is 25.7 Å². The molecule has 5 rings (SSSR count). The van der Waals surface area contributed by atoms with Crippen LogP contribution in [0.2, 0.25) is 0 Å². The van der Waals surface area contributed by atoms with Crippen LogP contribution in [0.3, 0.4) is 0 Å². The minimum Gasteiger partial charge on any atom is -0.507 e. The molecule has 0 atom stereocenters. The van der Waals surface area contributed by atoms with E-state index in [1.165, 1.54) is 0 Å². The van der Waals surface area contributed by atoms with Gasteiger partial charge >= 0.3 is 0 Å². The molecule has 6 heteroatoms. The Morgan fingerprint density at radius 3 is 0.912 bits per heavy atom. The van der Waals surface area contributed by atoms with Crippen LogP contribution in [0.1, 0.15) is 44.5 Å². The molecule has 0 saturated heterocycles. The smallest absolute Gasteiger partial charge is 0.122 e. The molecule has 0 saturated carbocycles. The quantitative estimate of drug-likeness (QED) is 0.152. The van der Waals surface area contributed by atoms with E-state index in [1.54, 1.807) is 48.5 Å². The molecule has 0 aliphatic heterocycles. The Balaban J connectivity index is 1.75. The van der Waals surface area contributed by atoms with Gasteiger partial charge in [-0.3, -0.25) is 0 Å². The zero-order valence-corrected chi connectivity index (χ0v) is 18.5. The minimum absolute atomic E-state index is 0.0894. The van der Waals surface area contributed by atoms with E-state index in [4.69, 9.17) is 11.5 Å². The summed E-state index contributed by atoms with van der Waals surface area (Å²) in [7, 11) is 0. The highest BCUT2D eigenvalue weighted by Crippen LogP contribution is 2.38. The van der Waals surface area contributed by atoms with Gasteiger partial charge in [0.05, 0.1) is 0 Å². The summed E-state index contributed by atoms with van der Waals surface area (Å²) in [5.41, 5.74) is 18.1. The summed E-state index contributed by atoms with van der Waals surface area (Å²) in [6.07, 6.45) is 1.07. The summed E-state index contributed by atoms with van der Waals surface area (Å²) >= 11 is 0. The maximum atomic E-state index is 11.0. The number of para-hydroxylation sites is 2. The van der Waals surface area contributed by atoms with Gasteiger partial charge in [-0.25, -0.2) is 0 Å². The van der Waals surface area contributed by atoms with Gasteiger partial charge in [-0.05, 0) is 46.5 Å². The van der Waals surface area contributed by atoms with Gasteiger partial charge in [0.15, 0.2) is 0 Å². The van der Waals surface area contributed by atoms with E-state index in [1.807, 2.05) is 12.1 Å². The van der Waals surface area contributed by atoms with Crippen LogP contribution in [0.5, 0.6) is 23.0 Å². The van der Waals surface area contributed by atoms with E-state index in [0.29, 0.717) is 55.9 Å². The molecule has 34 heavy (non-hydrogen) atoms. The van der Waals surface area contributed by atoms with Crippen molar-refractivity contribution >= 4 is 11.4 Å². The van der Waals surface area contributed by atoms with Crippen molar-refractivity contribution in [3.05, 3.63) is 105 Å². The number of phenols is 4. The van der Waals surface area contributed by atoms with Gasteiger partial charge in [-0.1, -0.05) is 36.4 Å². The monoisotopic (exact) mass is 454 g/mol. The Hall–Kier alpha value is -4.32. The van der Waals surface area contributed by atoms with Gasteiger partial charge in [0.2, 0.25) is 0 Å². The van der Waals surface area contributed by atoms with E-state index in [0.717, 1.165) is 0 Å². The van der Waals surface area contributed by atoms with E-state index < -0.39 is 0 Å². The van der Waals surface area contributed by atoms with Crippen molar-refractivity contribution in [3.63, 3.8) is 0 Å². The van der Waals surface area contributed by atoms with Crippen molar-refractivity contribution in [3.8, 4) is 23.0 Å². The van der Waals surface area contributed by atoms with Crippen LogP contribution in [0.15, 0.2) is 60.7 Å². The first kappa shape index (κ1) is 21.5. The number of rotatable bonds is 0. The van der Waals surface area contributed by atoms with E-state index in [-0.39, 0.29) is 48.7 Å². The van der Waals surface area contributed by atoms with Crippen LogP contribution in [0.25, 0.3) is 0 Å². The minimum atomic E-state index is 0.0894. The Kier molecular flexibility index (Phi) is 5.21. The molecule has 8 bridgehead atoms. The summed E-state index contributed by atoms with van der Waals surface area (Å²) in [6.45, 7) is 0. The Bertz CT molecular complexity index is 1230. The number of nitrogens with two attached hydrogens (primary N) is 2. The van der Waals surface area contributed by atoms with Gasteiger partial charge in [-0.2, -0.15) is 0 Å². The third-order valence-electron chi connectivity index (χ3n) is 6.51. The topological polar surface area (TPSA) is 133 Å². The lowest BCUT2D eigenvalue weighted by Gasteiger charge is -2.17. The molecule has 1 aliphatic rings. The summed E-state index contributed by atoms with van der Waals surface area (Å²) in [5, 5.41) is 44.1. The lowest BCUT2D eigenvalue weighted by molar-refractivity contribution is 0.450. The molecule has 1 aliphatic carbocycles. The number of benzene rings is 4. The predicted molar refractivity (Wildman–Crippen MR) is 132 cm³/mol. The molecule has 0 spiro atoms. The van der Waals surface area contributed by atoms with Crippen LogP contribution >= 0.6 is 0 Å². The van der Waals surface area contributed by atoms with Crippen molar-refractivity contribution in [2.75, 3.05) is 11.5 Å². The molecule has 0 aromatic heterocycles. The van der Waals surface area contributed by atoms with Gasteiger partial charge in [0.25, 0.3) is 0 Å². The fourth-order valence-corrected chi connectivity index (χ4v) is 4.79. The standard InChI is InChI=1S/C28H26N2O4/c29-23-11-19-7-15-3-1-4-16(25(15)31)8-20-12-24(30)14-22(28(20)34)10-18-6-2-5-17(26(18)32)9-21(13-23)27(19)33/h1-6,11-14,31-34H,7-10,29-30H2. The molecule has 0 radical (unpaired) electrons. The van der Waals surface area contributed by atoms with E-state index in [2.05, 4.69) is 0 Å². The average Bonchev–Trinajstić information content (AvgIpc) is 2.79. The molecule has 8 N–H and O–H groups in total. The maximum absolute atomic E-state index is 11.0. The van der Waals surface area contributed by atoms with Crippen LogP contribution < -0.4 is 11.5 Å². The summed E-state index contributed by atoms with van der Waals surface area (Å²) in [6, 6.07) is 17.6. The lowest BCUT2D eigenvalue weighted by atomic mass is 9.91. The van der Waals surface area contributed by atoms with Crippen molar-refractivity contribution in [1.29, 1.82) is 0 Å². The maximum Gasteiger partial charge on any atom is 0.122 e. The first-order valence-electron chi connectivity index (χ1n) is 11.1. The lowest BCUT2D eigenvalue weighted by Crippen LogP contribution is -2.02. The first-order chi connectivity index (χ1) is 16.3. The molecule has 0 unspecified atom stereocenters. The average molecular weight is 455 g/mol. The molecule has 4 aromatic carbocycles.